The predicted octanol–water partition coefficient (Wildman–Crippen LogP) is 3.44. The van der Waals surface area contributed by atoms with Crippen LogP contribution in [0.1, 0.15) is 17.0 Å². The average molecular weight is 426 g/mol. The molecule has 30 heavy (non-hydrogen) atoms. The Morgan fingerprint density at radius 2 is 1.83 bits per heavy atom. The van der Waals surface area contributed by atoms with E-state index in [1.54, 1.807) is 31.2 Å². The molecule has 2 aromatic carbocycles. The Hall–Kier alpha value is -3.23. The third-order valence-corrected chi connectivity index (χ3v) is 5.60. The molecular weight excluding hydrogens is 402 g/mol. The van der Waals surface area contributed by atoms with Crippen LogP contribution in [-0.2, 0) is 27.0 Å². The molecule has 1 heterocycles. The second-order valence-electron chi connectivity index (χ2n) is 6.71. The number of hydrogen-bond acceptors (Lipinski definition) is 5. The van der Waals surface area contributed by atoms with E-state index in [4.69, 9.17) is 4.42 Å². The first kappa shape index (κ1) is 21.5. The van der Waals surface area contributed by atoms with E-state index in [0.29, 0.717) is 28.6 Å². The molecule has 156 valence electrons. The number of rotatable bonds is 9. The molecule has 0 aliphatic carbocycles. The van der Waals surface area contributed by atoms with Gasteiger partial charge in [-0.15, -0.1) is 6.58 Å². The fraction of sp³-hybridized carbons (Fsp3) is 0.182. The smallest absolute Gasteiger partial charge is 0.230 e. The van der Waals surface area contributed by atoms with E-state index in [0.717, 1.165) is 5.56 Å². The van der Waals surface area contributed by atoms with Crippen molar-refractivity contribution in [3.8, 4) is 11.5 Å². The number of nitrogens with one attached hydrogen (secondary N) is 2. The number of aromatic nitrogens is 1. The number of carbonyl (C=O) groups is 1. The van der Waals surface area contributed by atoms with Crippen LogP contribution >= 0.6 is 0 Å². The lowest BCUT2D eigenvalue weighted by atomic mass is 10.2. The van der Waals surface area contributed by atoms with Crippen molar-refractivity contribution < 1.29 is 17.6 Å². The molecule has 0 saturated carbocycles. The number of sulfonamides is 1. The van der Waals surface area contributed by atoms with Gasteiger partial charge in [-0.3, -0.25) is 4.79 Å². The van der Waals surface area contributed by atoms with Crippen molar-refractivity contribution >= 4 is 21.6 Å². The van der Waals surface area contributed by atoms with E-state index >= 15 is 0 Å². The molecule has 1 amide bonds. The van der Waals surface area contributed by atoms with Crippen LogP contribution in [-0.4, -0.2) is 25.9 Å². The second kappa shape index (κ2) is 9.51. The highest BCUT2D eigenvalue weighted by Crippen LogP contribution is 2.22. The van der Waals surface area contributed by atoms with Gasteiger partial charge in [0.1, 0.15) is 5.76 Å². The van der Waals surface area contributed by atoms with Crippen LogP contribution in [0.15, 0.2) is 71.7 Å². The summed E-state index contributed by atoms with van der Waals surface area (Å²) in [5, 5.41) is 2.79. The number of hydrogen-bond donors (Lipinski definition) is 2. The molecule has 2 N–H and O–H groups in total. The summed E-state index contributed by atoms with van der Waals surface area (Å²) >= 11 is 0. The number of carbonyl (C=O) groups excluding carboxylic acids is 1. The largest absolute Gasteiger partial charge is 0.441 e. The lowest BCUT2D eigenvalue weighted by Crippen LogP contribution is -2.25. The van der Waals surface area contributed by atoms with Crippen LogP contribution in [0.5, 0.6) is 0 Å². The first-order valence-electron chi connectivity index (χ1n) is 9.35. The Bertz CT molecular complexity index is 1120. The molecule has 0 fully saturated rings. The van der Waals surface area contributed by atoms with Gasteiger partial charge in [-0.05, 0) is 36.8 Å². The van der Waals surface area contributed by atoms with E-state index in [1.807, 2.05) is 30.3 Å². The third kappa shape index (κ3) is 5.88. The van der Waals surface area contributed by atoms with Gasteiger partial charge in [-0.2, -0.15) is 0 Å². The summed E-state index contributed by atoms with van der Waals surface area (Å²) in [4.78, 5) is 16.8. The SMILES string of the molecule is C=CCNS(=O)(=O)Cc1ccc(NC(=O)Cc2nc(-c3ccccc3)oc2C)cc1. The molecule has 0 aliphatic heterocycles. The maximum atomic E-state index is 12.4. The number of benzene rings is 2. The summed E-state index contributed by atoms with van der Waals surface area (Å²) in [7, 11) is -3.43. The van der Waals surface area contributed by atoms with Gasteiger partial charge < -0.3 is 9.73 Å². The molecule has 0 spiro atoms. The zero-order valence-electron chi connectivity index (χ0n) is 16.6. The lowest BCUT2D eigenvalue weighted by molar-refractivity contribution is -0.115. The normalized spacial score (nSPS) is 11.2. The Morgan fingerprint density at radius 3 is 2.50 bits per heavy atom. The van der Waals surface area contributed by atoms with Gasteiger partial charge in [-0.25, -0.2) is 18.1 Å². The molecule has 3 aromatic rings. The van der Waals surface area contributed by atoms with Crippen LogP contribution in [0, 0.1) is 6.92 Å². The summed E-state index contributed by atoms with van der Waals surface area (Å²) in [5.41, 5.74) is 2.61. The topological polar surface area (TPSA) is 101 Å². The van der Waals surface area contributed by atoms with Crippen molar-refractivity contribution in [3.63, 3.8) is 0 Å². The van der Waals surface area contributed by atoms with Gasteiger partial charge in [0.2, 0.25) is 21.8 Å². The molecule has 0 radical (unpaired) electrons. The lowest BCUT2D eigenvalue weighted by Gasteiger charge is -2.07. The minimum atomic E-state index is -3.43. The van der Waals surface area contributed by atoms with E-state index in [1.165, 1.54) is 6.08 Å². The summed E-state index contributed by atoms with van der Waals surface area (Å²) in [5.74, 6) is 0.692. The predicted molar refractivity (Wildman–Crippen MR) is 116 cm³/mol. The molecule has 0 bridgehead atoms. The number of amides is 1. The van der Waals surface area contributed by atoms with E-state index in [2.05, 4.69) is 21.6 Å². The fourth-order valence-electron chi connectivity index (χ4n) is 2.79. The monoisotopic (exact) mass is 425 g/mol. The highest BCUT2D eigenvalue weighted by Gasteiger charge is 2.15. The van der Waals surface area contributed by atoms with Crippen molar-refractivity contribution in [2.75, 3.05) is 11.9 Å². The first-order valence-corrected chi connectivity index (χ1v) is 11.0. The van der Waals surface area contributed by atoms with Gasteiger partial charge in [0.25, 0.3) is 0 Å². The zero-order valence-corrected chi connectivity index (χ0v) is 17.4. The number of anilines is 1. The number of oxazole rings is 1. The Labute approximate surface area is 175 Å². The Morgan fingerprint density at radius 1 is 1.13 bits per heavy atom. The standard InChI is InChI=1S/C22H23N3O4S/c1-3-13-23-30(27,28)15-17-9-11-19(12-10-17)24-21(26)14-20-16(2)29-22(25-20)18-7-5-4-6-8-18/h3-12,23H,1,13-15H2,2H3,(H,24,26). The molecular formula is C22H23N3O4S. The minimum absolute atomic E-state index is 0.0732. The average Bonchev–Trinajstić information content (AvgIpc) is 3.08. The Balaban J connectivity index is 1.60. The Kier molecular flexibility index (Phi) is 6.81. The van der Waals surface area contributed by atoms with Crippen LogP contribution in [0.2, 0.25) is 0 Å². The van der Waals surface area contributed by atoms with Crippen LogP contribution in [0.4, 0.5) is 5.69 Å². The molecule has 3 rings (SSSR count). The van der Waals surface area contributed by atoms with E-state index < -0.39 is 10.0 Å². The van der Waals surface area contributed by atoms with Crippen molar-refractivity contribution in [1.29, 1.82) is 0 Å². The quantitative estimate of drug-likeness (QED) is 0.512. The fourth-order valence-corrected chi connectivity index (χ4v) is 3.90. The van der Waals surface area contributed by atoms with Crippen LogP contribution in [0.3, 0.4) is 0 Å². The highest BCUT2D eigenvalue weighted by atomic mass is 32.2. The molecule has 1 aromatic heterocycles. The van der Waals surface area contributed by atoms with Gasteiger partial charge >= 0.3 is 0 Å². The van der Waals surface area contributed by atoms with Crippen molar-refractivity contribution in [2.24, 2.45) is 0 Å². The number of nitrogens with zero attached hydrogens (tertiary/aromatic N) is 1. The summed E-state index contributed by atoms with van der Waals surface area (Å²) < 4.78 is 31.9. The maximum absolute atomic E-state index is 12.4. The van der Waals surface area contributed by atoms with E-state index in [-0.39, 0.29) is 24.6 Å². The van der Waals surface area contributed by atoms with Crippen molar-refractivity contribution in [3.05, 3.63) is 84.3 Å². The molecule has 0 aliphatic rings. The van der Waals surface area contributed by atoms with Gasteiger partial charge in [-0.1, -0.05) is 36.4 Å². The van der Waals surface area contributed by atoms with Gasteiger partial charge in [0.05, 0.1) is 17.9 Å². The number of aryl methyl sites for hydroxylation is 1. The molecule has 8 heteroatoms. The molecule has 0 unspecified atom stereocenters. The van der Waals surface area contributed by atoms with Crippen molar-refractivity contribution in [1.82, 2.24) is 9.71 Å². The van der Waals surface area contributed by atoms with Crippen molar-refractivity contribution in [2.45, 2.75) is 19.1 Å². The maximum Gasteiger partial charge on any atom is 0.230 e. The first-order chi connectivity index (χ1) is 14.4. The summed E-state index contributed by atoms with van der Waals surface area (Å²) in [6.07, 6.45) is 1.55. The van der Waals surface area contributed by atoms with Gasteiger partial charge in [0.15, 0.2) is 0 Å². The third-order valence-electron chi connectivity index (χ3n) is 4.28. The highest BCUT2D eigenvalue weighted by molar-refractivity contribution is 7.88. The molecule has 0 atom stereocenters. The van der Waals surface area contributed by atoms with Gasteiger partial charge in [0, 0.05) is 17.8 Å². The van der Waals surface area contributed by atoms with Crippen LogP contribution in [0.25, 0.3) is 11.5 Å². The minimum Gasteiger partial charge on any atom is -0.441 e. The second-order valence-corrected chi connectivity index (χ2v) is 8.51. The summed E-state index contributed by atoms with van der Waals surface area (Å²) in [6.45, 7) is 5.44. The molecule has 7 nitrogen and oxygen atoms in total. The summed E-state index contributed by atoms with van der Waals surface area (Å²) in [6, 6.07) is 16.1. The van der Waals surface area contributed by atoms with E-state index in [9.17, 15) is 13.2 Å². The zero-order chi connectivity index (χ0) is 21.6. The molecule has 0 saturated heterocycles. The van der Waals surface area contributed by atoms with Crippen LogP contribution < -0.4 is 10.0 Å².